The fourth-order valence-corrected chi connectivity index (χ4v) is 3.35. The second-order valence-electron chi connectivity index (χ2n) is 6.36. The first-order valence-electron chi connectivity index (χ1n) is 8.99. The van der Waals surface area contributed by atoms with Crippen LogP contribution in [0.2, 0.25) is 5.02 Å². The summed E-state index contributed by atoms with van der Waals surface area (Å²) >= 11 is 6.41. The highest BCUT2D eigenvalue weighted by atomic mass is 35.5. The molecule has 1 aliphatic rings. The van der Waals surface area contributed by atoms with Gasteiger partial charge in [0.05, 0.1) is 6.61 Å². The van der Waals surface area contributed by atoms with Crippen molar-refractivity contribution in [2.75, 3.05) is 13.2 Å². The van der Waals surface area contributed by atoms with Gasteiger partial charge in [-0.3, -0.25) is 9.59 Å². The van der Waals surface area contributed by atoms with Gasteiger partial charge in [-0.25, -0.2) is 0 Å². The van der Waals surface area contributed by atoms with Crippen LogP contribution in [0.1, 0.15) is 56.1 Å². The number of fused-ring (bicyclic) bond motifs is 1. The van der Waals surface area contributed by atoms with Crippen molar-refractivity contribution in [2.45, 2.75) is 57.8 Å². The van der Waals surface area contributed by atoms with Gasteiger partial charge in [0.1, 0.15) is 5.75 Å². The van der Waals surface area contributed by atoms with E-state index in [1.165, 1.54) is 0 Å². The molecule has 2 rings (SSSR count). The molecule has 0 unspecified atom stereocenters. The van der Waals surface area contributed by atoms with E-state index in [4.69, 9.17) is 21.4 Å². The maximum absolute atomic E-state index is 11.8. The SMILES string of the molecule is O=C(O)CCCOc1ccc(Cl)c2c1CCCCCNC(=O)CCC2. The zero-order valence-corrected chi connectivity index (χ0v) is 15.2. The van der Waals surface area contributed by atoms with E-state index in [0.29, 0.717) is 24.5 Å². The number of ether oxygens (including phenoxy) is 1. The fraction of sp³-hybridized carbons (Fsp3) is 0.579. The molecule has 5 nitrogen and oxygen atoms in total. The molecule has 138 valence electrons. The molecule has 0 radical (unpaired) electrons. The van der Waals surface area contributed by atoms with Crippen molar-refractivity contribution in [3.63, 3.8) is 0 Å². The molecule has 25 heavy (non-hydrogen) atoms. The zero-order valence-electron chi connectivity index (χ0n) is 14.5. The van der Waals surface area contributed by atoms with E-state index in [9.17, 15) is 9.59 Å². The zero-order chi connectivity index (χ0) is 18.1. The lowest BCUT2D eigenvalue weighted by molar-refractivity contribution is -0.137. The molecule has 1 amide bonds. The van der Waals surface area contributed by atoms with Crippen LogP contribution in [0.15, 0.2) is 12.1 Å². The van der Waals surface area contributed by atoms with Crippen molar-refractivity contribution in [3.05, 3.63) is 28.3 Å². The second-order valence-corrected chi connectivity index (χ2v) is 6.77. The van der Waals surface area contributed by atoms with Crippen molar-refractivity contribution < 1.29 is 19.4 Å². The molecule has 6 heteroatoms. The van der Waals surface area contributed by atoms with Gasteiger partial charge in [0, 0.05) is 24.4 Å². The number of hydrogen-bond donors (Lipinski definition) is 2. The smallest absolute Gasteiger partial charge is 0.303 e. The van der Waals surface area contributed by atoms with E-state index in [-0.39, 0.29) is 12.3 Å². The molecule has 1 aromatic rings. The van der Waals surface area contributed by atoms with Gasteiger partial charge in [-0.2, -0.15) is 0 Å². The van der Waals surface area contributed by atoms with Crippen LogP contribution in [0, 0.1) is 0 Å². The topological polar surface area (TPSA) is 75.6 Å². The standard InChI is InChI=1S/C19H26ClNO4/c20-16-10-11-17(25-13-5-9-19(23)24)15-6-2-1-3-12-21-18(22)8-4-7-14(15)16/h10-11H,1-9,12-13H2,(H,21,22)(H,23,24). The second kappa shape index (κ2) is 10.3. The summed E-state index contributed by atoms with van der Waals surface area (Å²) in [6.07, 6.45) is 6.47. The molecule has 0 fully saturated rings. The molecule has 1 heterocycles. The molecule has 0 aliphatic carbocycles. The van der Waals surface area contributed by atoms with Crippen LogP contribution >= 0.6 is 11.6 Å². The van der Waals surface area contributed by atoms with E-state index in [1.807, 2.05) is 12.1 Å². The maximum Gasteiger partial charge on any atom is 0.303 e. The van der Waals surface area contributed by atoms with Crippen LogP contribution in [0.4, 0.5) is 0 Å². The molecule has 0 atom stereocenters. The molecular weight excluding hydrogens is 342 g/mol. The Morgan fingerprint density at radius 1 is 1.12 bits per heavy atom. The summed E-state index contributed by atoms with van der Waals surface area (Å²) in [5.74, 6) is 0.0824. The molecule has 0 aromatic heterocycles. The molecule has 0 spiro atoms. The monoisotopic (exact) mass is 367 g/mol. The van der Waals surface area contributed by atoms with Gasteiger partial charge < -0.3 is 15.2 Å². The first kappa shape index (κ1) is 19.6. The van der Waals surface area contributed by atoms with Crippen LogP contribution in [0.5, 0.6) is 5.75 Å². The molecule has 2 N–H and O–H groups in total. The van der Waals surface area contributed by atoms with Crippen LogP contribution in [0.25, 0.3) is 0 Å². The van der Waals surface area contributed by atoms with Crippen molar-refractivity contribution in [2.24, 2.45) is 0 Å². The highest BCUT2D eigenvalue weighted by Crippen LogP contribution is 2.32. The van der Waals surface area contributed by atoms with E-state index >= 15 is 0 Å². The lowest BCUT2D eigenvalue weighted by atomic mass is 9.95. The fourth-order valence-electron chi connectivity index (χ4n) is 3.07. The normalized spacial score (nSPS) is 16.1. The van der Waals surface area contributed by atoms with Gasteiger partial charge >= 0.3 is 5.97 Å². The number of carbonyl (C=O) groups excluding carboxylic acids is 1. The van der Waals surface area contributed by atoms with E-state index in [2.05, 4.69) is 5.32 Å². The van der Waals surface area contributed by atoms with Gasteiger partial charge in [-0.1, -0.05) is 18.0 Å². The summed E-state index contributed by atoms with van der Waals surface area (Å²) in [5.41, 5.74) is 2.18. The minimum atomic E-state index is -0.812. The number of carboxylic acids is 1. The van der Waals surface area contributed by atoms with Gasteiger partial charge in [0.15, 0.2) is 0 Å². The first-order chi connectivity index (χ1) is 12.1. The quantitative estimate of drug-likeness (QED) is 0.777. The maximum atomic E-state index is 11.8. The number of halogens is 1. The third-order valence-corrected chi connectivity index (χ3v) is 4.73. The van der Waals surface area contributed by atoms with Gasteiger partial charge in [0.2, 0.25) is 5.91 Å². The summed E-state index contributed by atoms with van der Waals surface area (Å²) in [7, 11) is 0. The Balaban J connectivity index is 2.12. The summed E-state index contributed by atoms with van der Waals surface area (Å²) in [6, 6.07) is 3.71. The molecule has 1 aliphatic heterocycles. The molecule has 0 bridgehead atoms. The predicted molar refractivity (Wildman–Crippen MR) is 97.3 cm³/mol. The Labute approximate surface area is 153 Å². The lowest BCUT2D eigenvalue weighted by Crippen LogP contribution is -2.24. The number of rotatable bonds is 5. The minimum Gasteiger partial charge on any atom is -0.493 e. The van der Waals surface area contributed by atoms with Crippen molar-refractivity contribution in [3.8, 4) is 5.75 Å². The van der Waals surface area contributed by atoms with Gasteiger partial charge in [-0.05, 0) is 61.8 Å². The summed E-state index contributed by atoms with van der Waals surface area (Å²) in [4.78, 5) is 22.4. The van der Waals surface area contributed by atoms with Crippen molar-refractivity contribution >= 4 is 23.5 Å². The Kier molecular flexibility index (Phi) is 8.06. The average Bonchev–Trinajstić information content (AvgIpc) is 2.56. The van der Waals surface area contributed by atoms with Crippen molar-refractivity contribution in [1.29, 1.82) is 0 Å². The number of hydrogen-bond acceptors (Lipinski definition) is 3. The Morgan fingerprint density at radius 3 is 2.72 bits per heavy atom. The summed E-state index contributed by atoms with van der Waals surface area (Å²) < 4.78 is 5.85. The summed E-state index contributed by atoms with van der Waals surface area (Å²) in [6.45, 7) is 1.11. The number of nitrogens with one attached hydrogen (secondary N) is 1. The number of carbonyl (C=O) groups is 2. The van der Waals surface area contributed by atoms with Gasteiger partial charge in [0.25, 0.3) is 0 Å². The number of benzene rings is 1. The molecule has 1 aromatic carbocycles. The van der Waals surface area contributed by atoms with E-state index in [0.717, 1.165) is 61.9 Å². The number of carboxylic acid groups (broad SMARTS) is 1. The summed E-state index contributed by atoms with van der Waals surface area (Å²) in [5, 5.41) is 12.4. The Morgan fingerprint density at radius 2 is 1.92 bits per heavy atom. The lowest BCUT2D eigenvalue weighted by Gasteiger charge is -2.18. The van der Waals surface area contributed by atoms with Gasteiger partial charge in [-0.15, -0.1) is 0 Å². The first-order valence-corrected chi connectivity index (χ1v) is 9.37. The van der Waals surface area contributed by atoms with E-state index < -0.39 is 5.97 Å². The Bertz CT molecular complexity index is 603. The highest BCUT2D eigenvalue weighted by molar-refractivity contribution is 6.31. The molecule has 0 saturated carbocycles. The Hall–Kier alpha value is -1.75. The third kappa shape index (κ3) is 6.58. The minimum absolute atomic E-state index is 0.0966. The van der Waals surface area contributed by atoms with Crippen LogP contribution in [0.3, 0.4) is 0 Å². The van der Waals surface area contributed by atoms with Crippen LogP contribution in [-0.4, -0.2) is 30.1 Å². The molecule has 0 saturated heterocycles. The van der Waals surface area contributed by atoms with Crippen LogP contribution < -0.4 is 10.1 Å². The van der Waals surface area contributed by atoms with Crippen molar-refractivity contribution in [1.82, 2.24) is 5.32 Å². The number of amides is 1. The highest BCUT2D eigenvalue weighted by Gasteiger charge is 2.15. The van der Waals surface area contributed by atoms with Crippen LogP contribution in [-0.2, 0) is 22.4 Å². The predicted octanol–water partition coefficient (Wildman–Crippen LogP) is 3.75. The largest absolute Gasteiger partial charge is 0.493 e. The molecular formula is C19H26ClNO4. The average molecular weight is 368 g/mol. The van der Waals surface area contributed by atoms with E-state index in [1.54, 1.807) is 0 Å². The third-order valence-electron chi connectivity index (χ3n) is 4.38. The number of aliphatic carboxylic acids is 1.